The van der Waals surface area contributed by atoms with E-state index in [0.717, 1.165) is 21.9 Å². The van der Waals surface area contributed by atoms with Gasteiger partial charge in [0.1, 0.15) is 17.6 Å². The average Bonchev–Trinajstić information content (AvgIpc) is 2.70. The van der Waals surface area contributed by atoms with Gasteiger partial charge in [0, 0.05) is 16.2 Å². The van der Waals surface area contributed by atoms with Gasteiger partial charge in [0.15, 0.2) is 0 Å². The van der Waals surface area contributed by atoms with Crippen LogP contribution >= 0.6 is 23.1 Å². The zero-order chi connectivity index (χ0) is 11.8. The zero-order valence-corrected chi connectivity index (χ0v) is 11.0. The molecule has 1 aromatic carbocycles. The molecule has 0 saturated heterocycles. The lowest BCUT2D eigenvalue weighted by Gasteiger charge is -2.24. The molecule has 17 heavy (non-hydrogen) atoms. The molecule has 0 amide bonds. The van der Waals surface area contributed by atoms with Crippen LogP contribution in [0.2, 0.25) is 0 Å². The van der Waals surface area contributed by atoms with Crippen LogP contribution in [0.5, 0.6) is 11.5 Å². The van der Waals surface area contributed by atoms with Crippen molar-refractivity contribution >= 4 is 23.1 Å². The highest BCUT2D eigenvalue weighted by Gasteiger charge is 2.25. The summed E-state index contributed by atoms with van der Waals surface area (Å²) < 4.78 is 5.94. The molecule has 3 rings (SSSR count). The summed E-state index contributed by atoms with van der Waals surface area (Å²) in [5, 5.41) is 11.9. The number of fused-ring (bicyclic) bond motifs is 1. The molecule has 1 atom stereocenters. The minimum atomic E-state index is -0.0337. The van der Waals surface area contributed by atoms with Crippen molar-refractivity contribution < 1.29 is 9.84 Å². The van der Waals surface area contributed by atoms with Gasteiger partial charge in [0.2, 0.25) is 0 Å². The van der Waals surface area contributed by atoms with Crippen molar-refractivity contribution in [2.75, 3.05) is 5.75 Å². The number of benzene rings is 1. The van der Waals surface area contributed by atoms with Crippen LogP contribution in [0.4, 0.5) is 0 Å². The number of ether oxygens (including phenoxy) is 1. The largest absolute Gasteiger partial charge is 0.506 e. The number of aryl methyl sites for hydroxylation is 1. The molecule has 88 valence electrons. The number of aromatic hydroxyl groups is 1. The molecule has 1 aliphatic heterocycles. The Labute approximate surface area is 108 Å². The first-order chi connectivity index (χ1) is 8.25. The van der Waals surface area contributed by atoms with Gasteiger partial charge in [-0.05, 0) is 24.4 Å². The predicted molar refractivity (Wildman–Crippen MR) is 71.3 cm³/mol. The molecular formula is C13H12O2S2. The minimum Gasteiger partial charge on any atom is -0.506 e. The van der Waals surface area contributed by atoms with E-state index in [-0.39, 0.29) is 6.10 Å². The number of hydrogen-bond donors (Lipinski definition) is 1. The summed E-state index contributed by atoms with van der Waals surface area (Å²) in [6.45, 7) is 1.92. The standard InChI is InChI=1S/C13H12O2S2/c1-8-6-17-13(12(8)14)10-7-16-11-5-3-2-4-9(11)15-10/h2-6,10,14H,7H2,1H3. The summed E-state index contributed by atoms with van der Waals surface area (Å²) in [6.07, 6.45) is -0.0337. The summed E-state index contributed by atoms with van der Waals surface area (Å²) in [5.74, 6) is 2.16. The van der Waals surface area contributed by atoms with E-state index in [0.29, 0.717) is 5.75 Å². The lowest BCUT2D eigenvalue weighted by Crippen LogP contribution is -2.13. The van der Waals surface area contributed by atoms with Crippen molar-refractivity contribution in [2.24, 2.45) is 0 Å². The molecule has 2 aromatic rings. The third-order valence-electron chi connectivity index (χ3n) is 2.77. The summed E-state index contributed by atoms with van der Waals surface area (Å²) in [7, 11) is 0. The summed E-state index contributed by atoms with van der Waals surface area (Å²) in [5.41, 5.74) is 0.928. The molecule has 2 nitrogen and oxygen atoms in total. The van der Waals surface area contributed by atoms with Crippen LogP contribution in [0, 0.1) is 6.92 Å². The first-order valence-corrected chi connectivity index (χ1v) is 7.27. The summed E-state index contributed by atoms with van der Waals surface area (Å²) in [4.78, 5) is 2.11. The molecule has 4 heteroatoms. The van der Waals surface area contributed by atoms with E-state index in [9.17, 15) is 5.11 Å². The van der Waals surface area contributed by atoms with Gasteiger partial charge in [-0.25, -0.2) is 0 Å². The molecule has 0 bridgehead atoms. The Bertz CT molecular complexity index is 548. The monoisotopic (exact) mass is 264 g/mol. The van der Waals surface area contributed by atoms with E-state index in [1.54, 1.807) is 23.1 Å². The Morgan fingerprint density at radius 1 is 1.35 bits per heavy atom. The van der Waals surface area contributed by atoms with Crippen LogP contribution in [-0.2, 0) is 0 Å². The third kappa shape index (κ3) is 1.91. The lowest BCUT2D eigenvalue weighted by molar-refractivity contribution is 0.220. The SMILES string of the molecule is Cc1csc(C2CSc3ccccc3O2)c1O. The third-order valence-corrected chi connectivity index (χ3v) is 5.07. The minimum absolute atomic E-state index is 0.0337. The molecule has 0 spiro atoms. The normalized spacial score (nSPS) is 18.5. The number of rotatable bonds is 1. The molecular weight excluding hydrogens is 252 g/mol. The van der Waals surface area contributed by atoms with Gasteiger partial charge in [-0.3, -0.25) is 0 Å². The van der Waals surface area contributed by atoms with E-state index in [4.69, 9.17) is 4.74 Å². The number of thiophene rings is 1. The second-order valence-corrected chi connectivity index (χ2v) is 5.97. The predicted octanol–water partition coefficient (Wildman–Crippen LogP) is 3.99. The molecule has 1 unspecified atom stereocenters. The van der Waals surface area contributed by atoms with E-state index in [1.165, 1.54) is 4.90 Å². The van der Waals surface area contributed by atoms with E-state index < -0.39 is 0 Å². The van der Waals surface area contributed by atoms with Gasteiger partial charge in [-0.2, -0.15) is 0 Å². The van der Waals surface area contributed by atoms with Gasteiger partial charge in [0.05, 0.1) is 4.88 Å². The van der Waals surface area contributed by atoms with Crippen LogP contribution in [-0.4, -0.2) is 10.9 Å². The maximum atomic E-state index is 9.96. The van der Waals surface area contributed by atoms with E-state index >= 15 is 0 Å². The number of para-hydroxylation sites is 1. The molecule has 1 aliphatic rings. The van der Waals surface area contributed by atoms with Crippen molar-refractivity contribution in [1.82, 2.24) is 0 Å². The molecule has 0 radical (unpaired) electrons. The van der Waals surface area contributed by atoms with Gasteiger partial charge >= 0.3 is 0 Å². The Hall–Kier alpha value is -1.13. The topological polar surface area (TPSA) is 29.5 Å². The second-order valence-electron chi connectivity index (χ2n) is 4.00. The first kappa shape index (κ1) is 11.0. The number of hydrogen-bond acceptors (Lipinski definition) is 4. The molecule has 0 saturated carbocycles. The van der Waals surface area contributed by atoms with Crippen molar-refractivity contribution in [2.45, 2.75) is 17.9 Å². The smallest absolute Gasteiger partial charge is 0.146 e. The van der Waals surface area contributed by atoms with Crippen LogP contribution < -0.4 is 4.74 Å². The van der Waals surface area contributed by atoms with E-state index in [1.807, 2.05) is 30.5 Å². The fourth-order valence-corrected chi connectivity index (χ4v) is 3.91. The fourth-order valence-electron chi connectivity index (χ4n) is 1.83. The van der Waals surface area contributed by atoms with E-state index in [2.05, 4.69) is 6.07 Å². The molecule has 1 N–H and O–H groups in total. The highest BCUT2D eigenvalue weighted by molar-refractivity contribution is 7.99. The maximum absolute atomic E-state index is 9.96. The Kier molecular flexibility index (Phi) is 2.76. The van der Waals surface area contributed by atoms with Gasteiger partial charge in [0.25, 0.3) is 0 Å². The van der Waals surface area contributed by atoms with Crippen molar-refractivity contribution in [1.29, 1.82) is 0 Å². The van der Waals surface area contributed by atoms with Crippen LogP contribution in [0.1, 0.15) is 16.5 Å². The highest BCUT2D eigenvalue weighted by Crippen LogP contribution is 2.44. The Morgan fingerprint density at radius 3 is 2.94 bits per heavy atom. The van der Waals surface area contributed by atoms with Crippen molar-refractivity contribution in [3.05, 3.63) is 40.1 Å². The van der Waals surface area contributed by atoms with Crippen LogP contribution in [0.3, 0.4) is 0 Å². The lowest BCUT2D eigenvalue weighted by atomic mass is 10.2. The molecule has 1 aromatic heterocycles. The molecule has 0 aliphatic carbocycles. The first-order valence-electron chi connectivity index (χ1n) is 5.41. The van der Waals surface area contributed by atoms with Crippen molar-refractivity contribution in [3.8, 4) is 11.5 Å². The zero-order valence-electron chi connectivity index (χ0n) is 9.34. The Morgan fingerprint density at radius 2 is 2.18 bits per heavy atom. The van der Waals surface area contributed by atoms with Crippen molar-refractivity contribution in [3.63, 3.8) is 0 Å². The summed E-state index contributed by atoms with van der Waals surface area (Å²) in [6, 6.07) is 8.03. The second kappa shape index (κ2) is 4.27. The fraction of sp³-hybridized carbons (Fsp3) is 0.231. The summed E-state index contributed by atoms with van der Waals surface area (Å²) >= 11 is 3.35. The van der Waals surface area contributed by atoms with Gasteiger partial charge < -0.3 is 9.84 Å². The highest BCUT2D eigenvalue weighted by atomic mass is 32.2. The van der Waals surface area contributed by atoms with Gasteiger partial charge in [-0.15, -0.1) is 23.1 Å². The number of thioether (sulfide) groups is 1. The Balaban J connectivity index is 1.92. The van der Waals surface area contributed by atoms with Crippen LogP contribution in [0.25, 0.3) is 0 Å². The van der Waals surface area contributed by atoms with Crippen LogP contribution in [0.15, 0.2) is 34.5 Å². The molecule has 2 heterocycles. The molecule has 0 fully saturated rings. The quantitative estimate of drug-likeness (QED) is 0.844. The average molecular weight is 264 g/mol. The maximum Gasteiger partial charge on any atom is 0.146 e. The van der Waals surface area contributed by atoms with Gasteiger partial charge in [-0.1, -0.05) is 12.1 Å².